The third-order valence-corrected chi connectivity index (χ3v) is 5.38. The van der Waals surface area contributed by atoms with Crippen molar-refractivity contribution in [3.8, 4) is 0 Å². The highest BCUT2D eigenvalue weighted by molar-refractivity contribution is 7.16. The van der Waals surface area contributed by atoms with Gasteiger partial charge in [0.2, 0.25) is 0 Å². The first-order valence-electron chi connectivity index (χ1n) is 7.25. The second kappa shape index (κ2) is 6.30. The molecule has 1 heterocycles. The zero-order valence-corrected chi connectivity index (χ0v) is 13.3. The van der Waals surface area contributed by atoms with Crippen molar-refractivity contribution in [1.82, 2.24) is 5.32 Å². The minimum atomic E-state index is 0.691. The van der Waals surface area contributed by atoms with Gasteiger partial charge in [-0.05, 0) is 49.8 Å². The molecule has 0 amide bonds. The highest BCUT2D eigenvalue weighted by atomic mass is 35.5. The molecule has 1 aliphatic rings. The molecule has 106 valence electrons. The molecule has 0 radical (unpaired) electrons. The van der Waals surface area contributed by atoms with Crippen LogP contribution in [0.15, 0.2) is 36.4 Å². The maximum Gasteiger partial charge on any atom is 0.0931 e. The molecule has 3 rings (SSSR count). The molecule has 0 unspecified atom stereocenters. The monoisotopic (exact) mass is 305 g/mol. The lowest BCUT2D eigenvalue weighted by molar-refractivity contribution is 0.293. The van der Waals surface area contributed by atoms with Crippen LogP contribution in [0.3, 0.4) is 0 Å². The average Bonchev–Trinajstić information content (AvgIpc) is 2.78. The standard InChI is InChI=1S/C17H20ClNS/c1-12-3-2-4-13(9-12)14-10-15(11-14)19-8-7-16-5-6-17(18)20-16/h2-6,9,14-15,19H,7-8,10-11H2,1H3. The summed E-state index contributed by atoms with van der Waals surface area (Å²) in [7, 11) is 0. The molecule has 1 aromatic heterocycles. The molecular formula is C17H20ClNS. The van der Waals surface area contributed by atoms with Gasteiger partial charge in [-0.25, -0.2) is 0 Å². The summed E-state index contributed by atoms with van der Waals surface area (Å²) in [4.78, 5) is 1.37. The van der Waals surface area contributed by atoms with Crippen LogP contribution in [0.5, 0.6) is 0 Å². The number of halogens is 1. The van der Waals surface area contributed by atoms with E-state index in [4.69, 9.17) is 11.6 Å². The van der Waals surface area contributed by atoms with E-state index in [1.165, 1.54) is 28.8 Å². The summed E-state index contributed by atoms with van der Waals surface area (Å²) in [6, 6.07) is 13.7. The van der Waals surface area contributed by atoms with E-state index in [0.29, 0.717) is 6.04 Å². The van der Waals surface area contributed by atoms with Gasteiger partial charge in [0, 0.05) is 17.5 Å². The smallest absolute Gasteiger partial charge is 0.0931 e. The Hall–Kier alpha value is -0.830. The Balaban J connectivity index is 1.40. The van der Waals surface area contributed by atoms with E-state index in [1.807, 2.05) is 6.07 Å². The van der Waals surface area contributed by atoms with Crippen molar-refractivity contribution in [3.05, 3.63) is 56.7 Å². The largest absolute Gasteiger partial charge is 0.314 e. The fourth-order valence-electron chi connectivity index (χ4n) is 2.87. The first-order valence-corrected chi connectivity index (χ1v) is 8.44. The Morgan fingerprint density at radius 2 is 2.10 bits per heavy atom. The Morgan fingerprint density at radius 3 is 2.80 bits per heavy atom. The lowest BCUT2D eigenvalue weighted by Gasteiger charge is -2.36. The van der Waals surface area contributed by atoms with Crippen LogP contribution in [0.1, 0.15) is 34.8 Å². The second-order valence-electron chi connectivity index (χ2n) is 5.69. The van der Waals surface area contributed by atoms with Crippen LogP contribution in [0.2, 0.25) is 4.34 Å². The van der Waals surface area contributed by atoms with E-state index < -0.39 is 0 Å². The van der Waals surface area contributed by atoms with Gasteiger partial charge in [0.1, 0.15) is 0 Å². The van der Waals surface area contributed by atoms with E-state index >= 15 is 0 Å². The van der Waals surface area contributed by atoms with Gasteiger partial charge in [-0.15, -0.1) is 11.3 Å². The van der Waals surface area contributed by atoms with Crippen molar-refractivity contribution in [1.29, 1.82) is 0 Å². The zero-order valence-electron chi connectivity index (χ0n) is 11.7. The lowest BCUT2D eigenvalue weighted by atomic mass is 9.75. The van der Waals surface area contributed by atoms with Gasteiger partial charge >= 0.3 is 0 Å². The Kier molecular flexibility index (Phi) is 4.45. The van der Waals surface area contributed by atoms with Gasteiger partial charge in [0.25, 0.3) is 0 Å². The maximum absolute atomic E-state index is 5.94. The summed E-state index contributed by atoms with van der Waals surface area (Å²) in [6.45, 7) is 3.23. The second-order valence-corrected chi connectivity index (χ2v) is 7.49. The highest BCUT2D eigenvalue weighted by Gasteiger charge is 2.29. The SMILES string of the molecule is Cc1cccc(C2CC(NCCc3ccc(Cl)s3)C2)c1. The summed E-state index contributed by atoms with van der Waals surface area (Å²) < 4.78 is 0.892. The first-order chi connectivity index (χ1) is 9.70. The van der Waals surface area contributed by atoms with E-state index in [-0.39, 0.29) is 0 Å². The minimum Gasteiger partial charge on any atom is -0.314 e. The van der Waals surface area contributed by atoms with Crippen LogP contribution in [0, 0.1) is 6.92 Å². The van der Waals surface area contributed by atoms with Gasteiger partial charge in [0.05, 0.1) is 4.34 Å². The summed E-state index contributed by atoms with van der Waals surface area (Å²) in [5.74, 6) is 0.753. The lowest BCUT2D eigenvalue weighted by Crippen LogP contribution is -2.40. The minimum absolute atomic E-state index is 0.691. The van der Waals surface area contributed by atoms with E-state index in [0.717, 1.165) is 23.2 Å². The molecule has 0 atom stereocenters. The molecule has 0 spiro atoms. The fourth-order valence-corrected chi connectivity index (χ4v) is 3.95. The van der Waals surface area contributed by atoms with Crippen LogP contribution in [-0.4, -0.2) is 12.6 Å². The topological polar surface area (TPSA) is 12.0 Å². The zero-order chi connectivity index (χ0) is 13.9. The van der Waals surface area contributed by atoms with Crippen molar-refractivity contribution in [2.45, 2.75) is 38.1 Å². The van der Waals surface area contributed by atoms with E-state index in [2.05, 4.69) is 42.6 Å². The highest BCUT2D eigenvalue weighted by Crippen LogP contribution is 2.37. The van der Waals surface area contributed by atoms with Crippen molar-refractivity contribution >= 4 is 22.9 Å². The summed E-state index contributed by atoms with van der Waals surface area (Å²) >= 11 is 7.63. The average molecular weight is 306 g/mol. The number of hydrogen-bond acceptors (Lipinski definition) is 2. The maximum atomic E-state index is 5.94. The van der Waals surface area contributed by atoms with Crippen LogP contribution < -0.4 is 5.32 Å². The van der Waals surface area contributed by atoms with Crippen molar-refractivity contribution < 1.29 is 0 Å². The third kappa shape index (κ3) is 3.43. The molecule has 0 saturated heterocycles. The van der Waals surface area contributed by atoms with Gasteiger partial charge in [-0.2, -0.15) is 0 Å². The molecule has 1 aliphatic carbocycles. The van der Waals surface area contributed by atoms with Gasteiger partial charge < -0.3 is 5.32 Å². The number of aryl methyl sites for hydroxylation is 1. The predicted molar refractivity (Wildman–Crippen MR) is 88.0 cm³/mol. The van der Waals surface area contributed by atoms with E-state index in [1.54, 1.807) is 11.3 Å². The van der Waals surface area contributed by atoms with Crippen LogP contribution in [0.25, 0.3) is 0 Å². The number of hydrogen-bond donors (Lipinski definition) is 1. The molecule has 1 aromatic carbocycles. The summed E-state index contributed by atoms with van der Waals surface area (Å²) in [5, 5.41) is 3.65. The van der Waals surface area contributed by atoms with Crippen molar-refractivity contribution in [2.24, 2.45) is 0 Å². The van der Waals surface area contributed by atoms with Crippen LogP contribution in [0.4, 0.5) is 0 Å². The molecule has 1 fully saturated rings. The molecule has 2 aromatic rings. The molecule has 3 heteroatoms. The summed E-state index contributed by atoms with van der Waals surface area (Å²) in [5.41, 5.74) is 2.88. The summed E-state index contributed by atoms with van der Waals surface area (Å²) in [6.07, 6.45) is 3.63. The third-order valence-electron chi connectivity index (χ3n) is 4.08. The van der Waals surface area contributed by atoms with Crippen LogP contribution in [-0.2, 0) is 6.42 Å². The van der Waals surface area contributed by atoms with Crippen LogP contribution >= 0.6 is 22.9 Å². The van der Waals surface area contributed by atoms with Gasteiger partial charge in [-0.3, -0.25) is 0 Å². The molecule has 0 aliphatic heterocycles. The van der Waals surface area contributed by atoms with Crippen molar-refractivity contribution in [3.63, 3.8) is 0 Å². The number of nitrogens with one attached hydrogen (secondary N) is 1. The van der Waals surface area contributed by atoms with Gasteiger partial charge in [0.15, 0.2) is 0 Å². The molecule has 20 heavy (non-hydrogen) atoms. The van der Waals surface area contributed by atoms with Crippen molar-refractivity contribution in [2.75, 3.05) is 6.54 Å². The molecule has 1 saturated carbocycles. The Morgan fingerprint density at radius 1 is 1.25 bits per heavy atom. The molecule has 1 N–H and O–H groups in total. The predicted octanol–water partition coefficient (Wildman–Crippen LogP) is 4.79. The number of thiophene rings is 1. The normalized spacial score (nSPS) is 21.7. The Labute approximate surface area is 130 Å². The molecular weight excluding hydrogens is 286 g/mol. The number of benzene rings is 1. The Bertz CT molecular complexity index is 572. The van der Waals surface area contributed by atoms with Gasteiger partial charge in [-0.1, -0.05) is 41.4 Å². The number of rotatable bonds is 5. The van der Waals surface area contributed by atoms with E-state index in [9.17, 15) is 0 Å². The quantitative estimate of drug-likeness (QED) is 0.837. The fraction of sp³-hybridized carbons (Fsp3) is 0.412. The molecule has 1 nitrogen and oxygen atoms in total. The first kappa shape index (κ1) is 14.1. The molecule has 0 bridgehead atoms.